The van der Waals surface area contributed by atoms with Crippen molar-refractivity contribution in [3.63, 3.8) is 0 Å². The van der Waals surface area contributed by atoms with Crippen LogP contribution in [0.3, 0.4) is 0 Å². The van der Waals surface area contributed by atoms with Crippen molar-refractivity contribution < 1.29 is 138 Å². The molecule has 2 fully saturated rings. The van der Waals surface area contributed by atoms with E-state index < -0.39 is 0 Å². The number of halogens is 1. The van der Waals surface area contributed by atoms with Gasteiger partial charge in [0, 0.05) is 76.5 Å². The van der Waals surface area contributed by atoms with Gasteiger partial charge < -0.3 is 41.9 Å². The van der Waals surface area contributed by atoms with Crippen LogP contribution in [0.15, 0.2) is 107 Å². The van der Waals surface area contributed by atoms with Crippen LogP contribution in [0.5, 0.6) is 0 Å². The van der Waals surface area contributed by atoms with Crippen molar-refractivity contribution in [2.24, 2.45) is 11.8 Å². The molecule has 75 heavy (non-hydrogen) atoms. The van der Waals surface area contributed by atoms with Gasteiger partial charge in [-0.1, -0.05) is 58.8 Å². The number of alkyl halides is 1. The number of nitrogens with two attached hydrogens (primary N) is 2. The number of nitrogens with zero attached hydrogens (tertiary/aromatic N) is 13. The van der Waals surface area contributed by atoms with Crippen molar-refractivity contribution in [2.45, 2.75) is 56.9 Å². The first-order valence-electron chi connectivity index (χ1n) is 22.8. The number of anilines is 2. The van der Waals surface area contributed by atoms with Gasteiger partial charge >= 0.3 is 103 Å². The molecule has 0 bridgehead atoms. The Labute approximate surface area is 523 Å². The number of carbonyl (C=O) groups excluding carboxylic acids is 3. The molecule has 10 rings (SSSR count). The molecule has 2 saturated carbocycles. The second-order valence-electron chi connectivity index (χ2n) is 17.9. The number of nitrogens with one attached hydrogen (secondary N) is 1. The average Bonchev–Trinajstić information content (AvgIpc) is 4.15. The van der Waals surface area contributed by atoms with Crippen molar-refractivity contribution in [2.75, 3.05) is 45.5 Å². The van der Waals surface area contributed by atoms with E-state index >= 15 is 0 Å². The monoisotopic (exact) mass is 1090 g/mol. The Bertz CT molecular complexity index is 3070. The smallest absolute Gasteiger partial charge is 1.00 e. The van der Waals surface area contributed by atoms with E-state index in [9.17, 15) is 9.59 Å². The Hall–Kier alpha value is -5.17. The Morgan fingerprint density at radius 1 is 0.720 bits per heavy atom. The van der Waals surface area contributed by atoms with Crippen LogP contribution < -0.4 is 119 Å². The maximum absolute atomic E-state index is 12.0. The summed E-state index contributed by atoms with van der Waals surface area (Å²) in [5, 5.41) is 28.1. The fraction of sp³-hybridized carbons (Fsp3) is 0.327. The van der Waals surface area contributed by atoms with Gasteiger partial charge in [0.1, 0.15) is 12.4 Å². The molecule has 0 radical (unpaired) electrons. The van der Waals surface area contributed by atoms with Gasteiger partial charge in [-0.25, -0.2) is 19.9 Å². The van der Waals surface area contributed by atoms with E-state index in [1.54, 1.807) is 82.4 Å². The predicted molar refractivity (Wildman–Crippen MR) is 266 cm³/mol. The molecule has 382 valence electrons. The maximum atomic E-state index is 12.0. The van der Waals surface area contributed by atoms with E-state index in [1.807, 2.05) is 0 Å². The zero-order valence-corrected chi connectivity index (χ0v) is 49.9. The third-order valence-electron chi connectivity index (χ3n) is 12.6. The van der Waals surface area contributed by atoms with Gasteiger partial charge in [-0.2, -0.15) is 20.2 Å². The largest absolute Gasteiger partial charge is 1.00 e. The van der Waals surface area contributed by atoms with Crippen LogP contribution in [0.1, 0.15) is 63.7 Å². The summed E-state index contributed by atoms with van der Waals surface area (Å²) in [7, 11) is 6.77. The molecule has 6 aromatic heterocycles. The van der Waals surface area contributed by atoms with Gasteiger partial charge in [-0.05, 0) is 73.6 Å². The fourth-order valence-electron chi connectivity index (χ4n) is 7.84. The number of hydrogen-bond acceptors (Lipinski definition) is 19. The van der Waals surface area contributed by atoms with E-state index in [4.69, 9.17) is 47.2 Å². The van der Waals surface area contributed by atoms with E-state index in [0.29, 0.717) is 40.8 Å². The molecule has 0 saturated heterocycles. The molecular formula is C49H55ClK2N16O7. The number of benzene rings is 2. The first-order valence-corrected chi connectivity index (χ1v) is 23.4. The third kappa shape index (κ3) is 15.3. The second-order valence-corrected chi connectivity index (χ2v) is 18.2. The van der Waals surface area contributed by atoms with Crippen LogP contribution in [0.25, 0.3) is 45.2 Å². The minimum Gasteiger partial charge on any atom is -1.00 e. The predicted octanol–water partition coefficient (Wildman–Crippen LogP) is -1.14. The van der Waals surface area contributed by atoms with E-state index in [-0.39, 0.29) is 158 Å². The van der Waals surface area contributed by atoms with Crippen LogP contribution in [0, 0.1) is 11.8 Å². The molecule has 26 heteroatoms. The number of amides is 2. The summed E-state index contributed by atoms with van der Waals surface area (Å²) in [6.07, 6.45) is 18.2. The molecule has 0 spiro atoms. The number of aromatic amines is 1. The molecule has 8 aromatic rings. The summed E-state index contributed by atoms with van der Waals surface area (Å²) in [5.41, 5.74) is 18.1. The van der Waals surface area contributed by atoms with E-state index in [0.717, 1.165) is 64.6 Å². The molecule has 0 aliphatic heterocycles. The van der Waals surface area contributed by atoms with Crippen molar-refractivity contribution in [1.82, 2.24) is 70.0 Å². The van der Waals surface area contributed by atoms with Crippen molar-refractivity contribution in [3.05, 3.63) is 121 Å². The number of likely N-dealkylation sites (N-methyl/N-ethyl adjacent to an activating group) is 1. The molecule has 2 amide bonds. The first kappa shape index (κ1) is 60.7. The van der Waals surface area contributed by atoms with Crippen molar-refractivity contribution in [3.8, 4) is 45.2 Å². The normalized spacial score (nSPS) is 13.9. The van der Waals surface area contributed by atoms with Gasteiger partial charge in [0.2, 0.25) is 23.7 Å². The average molecular weight is 1090 g/mol. The van der Waals surface area contributed by atoms with Gasteiger partial charge in [0.25, 0.3) is 18.3 Å². The van der Waals surface area contributed by atoms with Crippen LogP contribution in [-0.4, -0.2) is 122 Å². The molecule has 0 unspecified atom stereocenters. The summed E-state index contributed by atoms with van der Waals surface area (Å²) in [6.45, 7) is 4.33. The first-order chi connectivity index (χ1) is 35.1. The molecule has 6 heterocycles. The van der Waals surface area contributed by atoms with Gasteiger partial charge in [0.15, 0.2) is 11.6 Å². The molecular weight excluding hydrogens is 1040 g/mol. The minimum absolute atomic E-state index is 0. The summed E-state index contributed by atoms with van der Waals surface area (Å²) in [5.74, 6) is 3.65. The summed E-state index contributed by atoms with van der Waals surface area (Å²) >= 11 is 5.16. The number of H-pyrrole nitrogens is 1. The van der Waals surface area contributed by atoms with Crippen LogP contribution in [0.4, 0.5) is 11.9 Å². The maximum Gasteiger partial charge on any atom is 1.00 e. The van der Waals surface area contributed by atoms with Crippen LogP contribution >= 0.6 is 11.6 Å². The Morgan fingerprint density at radius 3 is 1.49 bits per heavy atom. The summed E-state index contributed by atoms with van der Waals surface area (Å²) in [6, 6.07) is 16.7. The van der Waals surface area contributed by atoms with Crippen molar-refractivity contribution in [1.29, 1.82) is 0 Å². The molecule has 2 aliphatic carbocycles. The van der Waals surface area contributed by atoms with Gasteiger partial charge in [-0.3, -0.25) is 24.2 Å². The molecule has 2 atom stereocenters. The third-order valence-corrected chi connectivity index (χ3v) is 12.9. The number of nitrogen functional groups attached to an aromatic ring is 2. The summed E-state index contributed by atoms with van der Waals surface area (Å²) in [4.78, 5) is 62.2. The van der Waals surface area contributed by atoms with Gasteiger partial charge in [0.05, 0.1) is 34.4 Å². The minimum atomic E-state index is -0.380. The molecule has 23 nitrogen and oxygen atoms in total. The SMILES string of the molecule is CN(C)C(=O)CCl.CN(C)C(=O)Cn1cc(-c2nc([C@@](C)(c3ccc(-c4cnc(N)nc4)cc3)C3CC3)no2)cn1.C[C@@](c1ccc(-c2cnc(N)nc2)cc1)(c1noc(-c2cn[nH]c2)n1)C1CC1.O=CO[O-].[H-].[K+].[K+]. The molecule has 5 N–H and O–H groups in total. The zero-order chi connectivity index (χ0) is 52.3. The topological polar surface area (TPSA) is 318 Å². The summed E-state index contributed by atoms with van der Waals surface area (Å²) < 4.78 is 12.7. The number of carbonyl (C=O) groups is 3. The quantitative estimate of drug-likeness (QED) is 0.0381. The standard InChI is InChI=1S/C24H26N8O2.C20H19N7O.C4H8ClNO.CH2O3.2K.H/c1-24(19-8-9-19,18-6-4-15(5-7-18)16-10-26-23(25)27-11-16)22-29-21(34-30-22)17-12-28-32(13-17)14-20(33)31(2)3;1-20(16-6-7-16,18-26-17(28-27-18)14-10-24-25-11-14)15-4-2-12(3-5-15)13-8-22-19(21)23-9-13;1-6(2)4(7)3-5;2-1-4-3;;;/h4-7,10-13,19H,8-9,14H2,1-3H3,(H2,25,26,27);2-5,8-11,16H,6-7H2,1H3,(H,24,25)(H2,21,22,23);3H2,1-2H3;1,3H;;;/q;;;;2*+1;-1/p-1/t24-;20-;;;;;/m00...../s1. The van der Waals surface area contributed by atoms with E-state index in [2.05, 4.69) is 118 Å². The molecule has 2 aliphatic rings. The van der Waals surface area contributed by atoms with Crippen LogP contribution in [-0.2, 0) is 36.6 Å². The zero-order valence-electron chi connectivity index (χ0n) is 43.9. The van der Waals surface area contributed by atoms with Crippen molar-refractivity contribution >= 4 is 41.8 Å². The second kappa shape index (κ2) is 27.8. The Balaban J connectivity index is 0.000000269. The Morgan fingerprint density at radius 2 is 1.15 bits per heavy atom. The number of rotatable bonds is 14. The molecule has 2 aromatic carbocycles. The Kier molecular flexibility index (Phi) is 22.5. The van der Waals surface area contributed by atoms with Gasteiger partial charge in [-0.15, -0.1) is 11.6 Å². The van der Waals surface area contributed by atoms with E-state index in [1.165, 1.54) is 9.80 Å². The van der Waals surface area contributed by atoms with Crippen LogP contribution in [0.2, 0.25) is 0 Å². The number of hydrogen-bond donors (Lipinski definition) is 3. The number of aromatic nitrogens is 12. The fourth-order valence-corrected chi connectivity index (χ4v) is 8.08.